The molecular weight excluding hydrogens is 851 g/mol. The van der Waals surface area contributed by atoms with Gasteiger partial charge in [0.05, 0.1) is 15.7 Å². The summed E-state index contributed by atoms with van der Waals surface area (Å²) in [5.41, 5.74) is 15.7. The maximum Gasteiger partial charge on any atom is 0.0726 e. The van der Waals surface area contributed by atoms with Crippen LogP contribution in [0.25, 0.3) is 69.6 Å². The van der Waals surface area contributed by atoms with Gasteiger partial charge in [0.15, 0.2) is 0 Å². The normalized spacial score (nSPS) is 15.0. The van der Waals surface area contributed by atoms with E-state index >= 15 is 0 Å². The molecule has 12 aromatic rings. The Bertz CT molecular complexity index is 3870. The molecule has 4 heterocycles. The quantitative estimate of drug-likeness (QED) is 0.141. The molecule has 0 saturated carbocycles. The number of aromatic nitrogens is 1. The van der Waals surface area contributed by atoms with E-state index in [9.17, 15) is 0 Å². The van der Waals surface area contributed by atoms with Crippen LogP contribution in [0.3, 0.4) is 0 Å². The van der Waals surface area contributed by atoms with Gasteiger partial charge in [-0.15, -0.1) is 23.1 Å². The average molecular weight is 892 g/mol. The van der Waals surface area contributed by atoms with Crippen LogP contribution < -0.4 is 9.80 Å². The highest BCUT2D eigenvalue weighted by atomic mass is 32.2. The number of hydrogen-bond donors (Lipinski definition) is 0. The Balaban J connectivity index is 0.952. The summed E-state index contributed by atoms with van der Waals surface area (Å²) in [5, 5.41) is 8.76. The van der Waals surface area contributed by atoms with Gasteiger partial charge in [-0.3, -0.25) is 0 Å². The minimum Gasteiger partial charge on any atom is -0.310 e. The second-order valence-corrected chi connectivity index (χ2v) is 19.9. The van der Waals surface area contributed by atoms with E-state index in [0.29, 0.717) is 10.5 Å². The number of anilines is 6. The molecule has 0 fully saturated rings. The van der Waals surface area contributed by atoms with Crippen molar-refractivity contribution in [2.75, 3.05) is 9.80 Å². The van der Waals surface area contributed by atoms with Gasteiger partial charge in [0, 0.05) is 76.6 Å². The van der Waals surface area contributed by atoms with Crippen LogP contribution in [0.5, 0.6) is 0 Å². The summed E-state index contributed by atoms with van der Waals surface area (Å²) in [6.45, 7) is 0. The fourth-order valence-corrected chi connectivity index (χ4v) is 13.5. The molecule has 10 aromatic carbocycles. The molecule has 2 bridgehead atoms. The van der Waals surface area contributed by atoms with Gasteiger partial charge in [0.2, 0.25) is 0 Å². The molecule has 2 aliphatic rings. The summed E-state index contributed by atoms with van der Waals surface area (Å²) in [7, 11) is 0. The van der Waals surface area contributed by atoms with Gasteiger partial charge >= 0.3 is 0 Å². The van der Waals surface area contributed by atoms with E-state index in [4.69, 9.17) is 0 Å². The Morgan fingerprint density at radius 2 is 0.866 bits per heavy atom. The molecule has 14 rings (SSSR count). The van der Waals surface area contributed by atoms with E-state index in [1.807, 2.05) is 11.3 Å². The van der Waals surface area contributed by atoms with Gasteiger partial charge in [-0.25, -0.2) is 0 Å². The van der Waals surface area contributed by atoms with Crippen molar-refractivity contribution in [1.29, 1.82) is 0 Å². The van der Waals surface area contributed by atoms with Crippen LogP contribution in [-0.4, -0.2) is 4.57 Å². The Morgan fingerprint density at radius 3 is 1.46 bits per heavy atom. The lowest BCUT2D eigenvalue weighted by atomic mass is 9.93. The minimum absolute atomic E-state index is 0.425. The van der Waals surface area contributed by atoms with Crippen molar-refractivity contribution in [3.8, 4) is 16.8 Å². The van der Waals surface area contributed by atoms with Crippen LogP contribution >= 0.6 is 23.1 Å². The van der Waals surface area contributed by atoms with Gasteiger partial charge in [-0.2, -0.15) is 0 Å². The fourth-order valence-electron chi connectivity index (χ4n) is 10.8. The number of rotatable bonds is 8. The summed E-state index contributed by atoms with van der Waals surface area (Å²) in [6.07, 6.45) is 4.80. The Labute approximate surface area is 397 Å². The van der Waals surface area contributed by atoms with Crippen molar-refractivity contribution < 1.29 is 0 Å². The van der Waals surface area contributed by atoms with Gasteiger partial charge in [-0.1, -0.05) is 140 Å². The van der Waals surface area contributed by atoms with Crippen molar-refractivity contribution in [3.63, 3.8) is 0 Å². The second-order valence-electron chi connectivity index (χ2n) is 17.6. The molecule has 0 amide bonds. The molecule has 2 aromatic heterocycles. The third kappa shape index (κ3) is 6.12. The predicted molar refractivity (Wildman–Crippen MR) is 288 cm³/mol. The number of fused-ring (bicyclic) bond motifs is 15. The van der Waals surface area contributed by atoms with Crippen LogP contribution in [0, 0.1) is 0 Å². The third-order valence-corrected chi connectivity index (χ3v) is 16.3. The summed E-state index contributed by atoms with van der Waals surface area (Å²) in [6, 6.07) is 82.2. The standard InChI is InChI=1S/C62H41N3S2/c1-5-19-42(20-6-1)63(43-21-7-2-8-22-43)46-27-15-17-40(35-46)41-18-16-28-47(36-41)64(44-23-9-3-10-24-44)48-31-32-51-58(37-48)67-62-60(51)50-30-14-13-29-49(50)59-54-38-52-53(57-34-33-56(52)66-57)39-55(54)65(61(59)62)45-25-11-4-12-26-45/h1-39,56-57H. The highest BCUT2D eigenvalue weighted by molar-refractivity contribution is 8.00. The first kappa shape index (κ1) is 38.4. The summed E-state index contributed by atoms with van der Waals surface area (Å²) in [4.78, 5) is 4.74. The topological polar surface area (TPSA) is 11.4 Å². The molecule has 316 valence electrons. The number of thioether (sulfide) groups is 1. The summed E-state index contributed by atoms with van der Waals surface area (Å²) in [5.74, 6) is 0. The van der Waals surface area contributed by atoms with Gasteiger partial charge in [0.1, 0.15) is 0 Å². The molecule has 0 N–H and O–H groups in total. The number of hydrogen-bond acceptors (Lipinski definition) is 4. The molecular formula is C62H41N3S2. The second kappa shape index (κ2) is 15.4. The molecule has 0 aliphatic carbocycles. The molecule has 2 aliphatic heterocycles. The maximum atomic E-state index is 2.56. The van der Waals surface area contributed by atoms with E-state index in [1.54, 1.807) is 0 Å². The van der Waals surface area contributed by atoms with Crippen molar-refractivity contribution >= 4 is 110 Å². The van der Waals surface area contributed by atoms with Crippen LogP contribution in [-0.2, 0) is 0 Å². The Kier molecular flexibility index (Phi) is 8.83. The molecule has 2 atom stereocenters. The van der Waals surface area contributed by atoms with Gasteiger partial charge < -0.3 is 14.4 Å². The molecule has 0 radical (unpaired) electrons. The van der Waals surface area contributed by atoms with Crippen LogP contribution in [0.15, 0.2) is 237 Å². The van der Waals surface area contributed by atoms with Crippen molar-refractivity contribution in [3.05, 3.63) is 248 Å². The minimum atomic E-state index is 0.425. The highest BCUT2D eigenvalue weighted by Gasteiger charge is 2.35. The van der Waals surface area contributed by atoms with Crippen molar-refractivity contribution in [2.24, 2.45) is 0 Å². The number of para-hydroxylation sites is 4. The zero-order valence-corrected chi connectivity index (χ0v) is 38.0. The van der Waals surface area contributed by atoms with Gasteiger partial charge in [-0.05, 0) is 130 Å². The first-order valence-corrected chi connectivity index (χ1v) is 24.7. The highest BCUT2D eigenvalue weighted by Crippen LogP contribution is 2.59. The zero-order valence-electron chi connectivity index (χ0n) is 36.3. The Morgan fingerprint density at radius 1 is 0.373 bits per heavy atom. The van der Waals surface area contributed by atoms with E-state index in [-0.39, 0.29) is 0 Å². The monoisotopic (exact) mass is 891 g/mol. The average Bonchev–Trinajstić information content (AvgIpc) is 4.19. The molecule has 0 spiro atoms. The van der Waals surface area contributed by atoms with Crippen molar-refractivity contribution in [1.82, 2.24) is 4.57 Å². The zero-order chi connectivity index (χ0) is 44.0. The Hall–Kier alpha value is -7.83. The van der Waals surface area contributed by atoms with Crippen LogP contribution in [0.4, 0.5) is 34.1 Å². The SMILES string of the molecule is C1=CC2SC1c1cc3c4c5ccccc5c5c6ccc(N(c7ccccc7)c7cccc(-c8cccc(N(c9ccccc9)c9ccccc9)c8)c7)cc6sc5c4n(-c4ccccc4)c3cc12. The molecule has 2 unspecified atom stereocenters. The largest absolute Gasteiger partial charge is 0.310 e. The number of thiophene rings is 1. The van der Waals surface area contributed by atoms with E-state index in [1.165, 1.54) is 69.6 Å². The van der Waals surface area contributed by atoms with Crippen LogP contribution in [0.1, 0.15) is 21.6 Å². The van der Waals surface area contributed by atoms with Gasteiger partial charge in [0.25, 0.3) is 0 Å². The lowest BCUT2D eigenvalue weighted by Crippen LogP contribution is -2.10. The number of benzene rings is 10. The van der Waals surface area contributed by atoms with Crippen molar-refractivity contribution in [2.45, 2.75) is 10.5 Å². The summed E-state index contributed by atoms with van der Waals surface area (Å²) >= 11 is 3.99. The first-order valence-electron chi connectivity index (χ1n) is 23.0. The van der Waals surface area contributed by atoms with E-state index in [2.05, 4.69) is 263 Å². The number of nitrogens with zero attached hydrogens (tertiary/aromatic N) is 3. The maximum absolute atomic E-state index is 2.56. The summed E-state index contributed by atoms with van der Waals surface area (Å²) < 4.78 is 5.15. The lowest BCUT2D eigenvalue weighted by Gasteiger charge is -2.27. The molecule has 5 heteroatoms. The predicted octanol–water partition coefficient (Wildman–Crippen LogP) is 18.3. The molecule has 3 nitrogen and oxygen atoms in total. The first-order chi connectivity index (χ1) is 33.2. The van der Waals surface area contributed by atoms with E-state index in [0.717, 1.165) is 45.3 Å². The molecule has 0 saturated heterocycles. The molecule has 67 heavy (non-hydrogen) atoms. The van der Waals surface area contributed by atoms with Crippen LogP contribution in [0.2, 0.25) is 0 Å². The third-order valence-electron chi connectivity index (χ3n) is 13.8. The fraction of sp³-hybridized carbons (Fsp3) is 0.0323. The lowest BCUT2D eigenvalue weighted by molar-refractivity contribution is 1.13. The smallest absolute Gasteiger partial charge is 0.0726 e. The van der Waals surface area contributed by atoms with E-state index < -0.39 is 0 Å².